The molecule has 3 aromatic rings. The van der Waals surface area contributed by atoms with Crippen molar-refractivity contribution in [1.29, 1.82) is 5.26 Å². The summed E-state index contributed by atoms with van der Waals surface area (Å²) in [5.41, 5.74) is 1.49. The second-order valence-corrected chi connectivity index (χ2v) is 4.17. The smallest absolute Gasteiger partial charge is 0.258 e. The highest BCUT2D eigenvalue weighted by atomic mass is 16.6. The maximum Gasteiger partial charge on any atom is 0.271 e. The van der Waals surface area contributed by atoms with Gasteiger partial charge in [-0.1, -0.05) is 18.2 Å². The SMILES string of the molecule is N#Cc1c2ccc([N+](=O)[O-])cc2nn1-c1ccccc1. The first-order valence-corrected chi connectivity index (χ1v) is 5.83. The summed E-state index contributed by atoms with van der Waals surface area (Å²) in [6.07, 6.45) is 0. The number of non-ortho nitro benzene ring substituents is 1. The fraction of sp³-hybridized carbons (Fsp3) is 0. The molecule has 0 aliphatic rings. The highest BCUT2D eigenvalue weighted by Gasteiger charge is 2.15. The fourth-order valence-corrected chi connectivity index (χ4v) is 2.05. The first-order valence-electron chi connectivity index (χ1n) is 5.83. The molecule has 0 aliphatic heterocycles. The highest BCUT2D eigenvalue weighted by molar-refractivity contribution is 5.86. The topological polar surface area (TPSA) is 84.8 Å². The van der Waals surface area contributed by atoms with E-state index in [2.05, 4.69) is 11.2 Å². The van der Waals surface area contributed by atoms with Crippen LogP contribution in [0.5, 0.6) is 0 Å². The molecule has 3 rings (SSSR count). The third-order valence-corrected chi connectivity index (χ3v) is 2.97. The summed E-state index contributed by atoms with van der Waals surface area (Å²) < 4.78 is 1.49. The van der Waals surface area contributed by atoms with Crippen molar-refractivity contribution in [3.8, 4) is 11.8 Å². The van der Waals surface area contributed by atoms with Crippen molar-refractivity contribution in [2.24, 2.45) is 0 Å². The van der Waals surface area contributed by atoms with Crippen LogP contribution in [0.1, 0.15) is 5.69 Å². The van der Waals surface area contributed by atoms with Crippen LogP contribution >= 0.6 is 0 Å². The molecule has 0 atom stereocenters. The van der Waals surface area contributed by atoms with Crippen molar-refractivity contribution in [3.63, 3.8) is 0 Å². The van der Waals surface area contributed by atoms with Crippen molar-refractivity contribution in [3.05, 3.63) is 64.3 Å². The molecule has 1 heterocycles. The zero-order valence-corrected chi connectivity index (χ0v) is 10.2. The predicted octanol–water partition coefficient (Wildman–Crippen LogP) is 2.81. The number of nitro groups is 1. The number of hydrogen-bond donors (Lipinski definition) is 0. The minimum Gasteiger partial charge on any atom is -0.258 e. The fourth-order valence-electron chi connectivity index (χ4n) is 2.05. The normalized spacial score (nSPS) is 10.3. The van der Waals surface area contributed by atoms with Crippen LogP contribution in [0.3, 0.4) is 0 Å². The van der Waals surface area contributed by atoms with E-state index >= 15 is 0 Å². The second kappa shape index (κ2) is 4.48. The minimum absolute atomic E-state index is 0.0419. The van der Waals surface area contributed by atoms with Gasteiger partial charge < -0.3 is 0 Å². The van der Waals surface area contributed by atoms with Crippen molar-refractivity contribution in [1.82, 2.24) is 9.78 Å². The number of fused-ring (bicyclic) bond motifs is 1. The largest absolute Gasteiger partial charge is 0.271 e. The number of benzene rings is 2. The molecule has 0 amide bonds. The van der Waals surface area contributed by atoms with Gasteiger partial charge in [-0.15, -0.1) is 0 Å². The number of rotatable bonds is 2. The molecule has 0 saturated carbocycles. The number of aromatic nitrogens is 2. The lowest BCUT2D eigenvalue weighted by Crippen LogP contribution is -1.98. The van der Waals surface area contributed by atoms with Crippen LogP contribution in [-0.4, -0.2) is 14.7 Å². The highest BCUT2D eigenvalue weighted by Crippen LogP contribution is 2.24. The van der Waals surface area contributed by atoms with E-state index in [1.807, 2.05) is 30.3 Å². The molecule has 2 aromatic carbocycles. The molecule has 20 heavy (non-hydrogen) atoms. The van der Waals surface area contributed by atoms with Crippen LogP contribution in [0, 0.1) is 21.4 Å². The maximum absolute atomic E-state index is 10.8. The Kier molecular flexibility index (Phi) is 2.66. The Hall–Kier alpha value is -3.20. The third kappa shape index (κ3) is 1.78. The van der Waals surface area contributed by atoms with Gasteiger partial charge in [0.25, 0.3) is 5.69 Å². The molecule has 0 fully saturated rings. The lowest BCUT2D eigenvalue weighted by atomic mass is 10.2. The molecule has 0 unspecified atom stereocenters. The monoisotopic (exact) mass is 264 g/mol. The van der Waals surface area contributed by atoms with Crippen molar-refractivity contribution in [2.45, 2.75) is 0 Å². The molecule has 0 saturated heterocycles. The summed E-state index contributed by atoms with van der Waals surface area (Å²) in [5, 5.41) is 25.0. The van der Waals surface area contributed by atoms with Crippen molar-refractivity contribution < 1.29 is 4.92 Å². The molecule has 0 radical (unpaired) electrons. The molecule has 0 N–H and O–H groups in total. The van der Waals surface area contributed by atoms with Crippen LogP contribution in [0.4, 0.5) is 5.69 Å². The quantitative estimate of drug-likeness (QED) is 0.526. The predicted molar refractivity (Wildman–Crippen MR) is 72.4 cm³/mol. The summed E-state index contributed by atoms with van der Waals surface area (Å²) in [7, 11) is 0. The average molecular weight is 264 g/mol. The molecule has 1 aromatic heterocycles. The van der Waals surface area contributed by atoms with Gasteiger partial charge in [0.2, 0.25) is 0 Å². The van der Waals surface area contributed by atoms with Gasteiger partial charge in [0, 0.05) is 17.5 Å². The Morgan fingerprint density at radius 3 is 2.60 bits per heavy atom. The zero-order valence-electron chi connectivity index (χ0n) is 10.2. The molecule has 0 bridgehead atoms. The molecule has 6 nitrogen and oxygen atoms in total. The zero-order chi connectivity index (χ0) is 14.1. The summed E-state index contributed by atoms with van der Waals surface area (Å²) in [5.74, 6) is 0. The number of para-hydroxylation sites is 1. The Morgan fingerprint density at radius 2 is 1.95 bits per heavy atom. The summed E-state index contributed by atoms with van der Waals surface area (Å²) in [6, 6.07) is 15.6. The number of hydrogen-bond acceptors (Lipinski definition) is 4. The molecule has 0 aliphatic carbocycles. The number of nitro benzene ring substituents is 1. The first kappa shape index (κ1) is 11.9. The average Bonchev–Trinajstić information content (AvgIpc) is 2.85. The van der Waals surface area contributed by atoms with Crippen LogP contribution in [0.25, 0.3) is 16.6 Å². The Morgan fingerprint density at radius 1 is 1.20 bits per heavy atom. The molecular weight excluding hydrogens is 256 g/mol. The Balaban J connectivity index is 2.29. The Bertz CT molecular complexity index is 847. The summed E-state index contributed by atoms with van der Waals surface area (Å²) >= 11 is 0. The molecule has 6 heteroatoms. The Labute approximate surface area is 113 Å². The molecular formula is C14H8N4O2. The third-order valence-electron chi connectivity index (χ3n) is 2.97. The van der Waals surface area contributed by atoms with Crippen LogP contribution in [0.15, 0.2) is 48.5 Å². The minimum atomic E-state index is -0.479. The van der Waals surface area contributed by atoms with Gasteiger partial charge in [-0.25, -0.2) is 4.68 Å². The van der Waals surface area contributed by atoms with E-state index in [1.165, 1.54) is 16.8 Å². The lowest BCUT2D eigenvalue weighted by molar-refractivity contribution is -0.384. The maximum atomic E-state index is 10.8. The van der Waals surface area contributed by atoms with E-state index in [9.17, 15) is 15.4 Å². The van der Waals surface area contributed by atoms with E-state index in [0.717, 1.165) is 5.69 Å². The van der Waals surface area contributed by atoms with E-state index in [-0.39, 0.29) is 5.69 Å². The standard InChI is InChI=1S/C14H8N4O2/c15-9-14-12-7-6-11(18(19)20)8-13(12)16-17(14)10-4-2-1-3-5-10/h1-8H. The van der Waals surface area contributed by atoms with Crippen LogP contribution in [0.2, 0.25) is 0 Å². The molecule has 0 spiro atoms. The van der Waals surface area contributed by atoms with E-state index in [4.69, 9.17) is 0 Å². The van der Waals surface area contributed by atoms with E-state index in [0.29, 0.717) is 16.6 Å². The van der Waals surface area contributed by atoms with Crippen LogP contribution < -0.4 is 0 Å². The first-order chi connectivity index (χ1) is 9.70. The van der Waals surface area contributed by atoms with E-state index < -0.39 is 4.92 Å². The summed E-state index contributed by atoms with van der Waals surface area (Å²) in [4.78, 5) is 10.3. The molecule has 96 valence electrons. The van der Waals surface area contributed by atoms with Crippen LogP contribution in [-0.2, 0) is 0 Å². The van der Waals surface area contributed by atoms with Gasteiger partial charge in [0.1, 0.15) is 11.6 Å². The van der Waals surface area contributed by atoms with Crippen molar-refractivity contribution >= 4 is 16.6 Å². The summed E-state index contributed by atoms with van der Waals surface area (Å²) in [6.45, 7) is 0. The second-order valence-electron chi connectivity index (χ2n) is 4.17. The van der Waals surface area contributed by atoms with Gasteiger partial charge in [0.15, 0.2) is 5.69 Å². The van der Waals surface area contributed by atoms with E-state index in [1.54, 1.807) is 6.07 Å². The van der Waals surface area contributed by atoms with Gasteiger partial charge in [-0.3, -0.25) is 10.1 Å². The van der Waals surface area contributed by atoms with Gasteiger partial charge >= 0.3 is 0 Å². The van der Waals surface area contributed by atoms with Gasteiger partial charge in [0.05, 0.1) is 10.6 Å². The lowest BCUT2D eigenvalue weighted by Gasteiger charge is -2.00. The number of nitriles is 1. The van der Waals surface area contributed by atoms with Gasteiger partial charge in [-0.2, -0.15) is 10.4 Å². The van der Waals surface area contributed by atoms with Gasteiger partial charge in [-0.05, 0) is 18.2 Å². The number of nitrogens with zero attached hydrogens (tertiary/aromatic N) is 4. The van der Waals surface area contributed by atoms with Crippen molar-refractivity contribution in [2.75, 3.05) is 0 Å².